The second-order valence-corrected chi connectivity index (χ2v) is 3.81. The molecule has 1 rings (SSSR count). The molecule has 0 amide bonds. The number of hydrogen-bond donors (Lipinski definition) is 2. The standard InChI is InChI=1S/C9H11Cl2NO/c1-5(12)9(13)7-3-2-6(10)4-8(7)11/h2-5,9,13H,12H2,1H3/t5-,9-/m0/s1. The summed E-state index contributed by atoms with van der Waals surface area (Å²) in [7, 11) is 0. The molecule has 0 aliphatic carbocycles. The second kappa shape index (κ2) is 4.29. The Morgan fingerprint density at radius 1 is 1.38 bits per heavy atom. The molecule has 1 aromatic carbocycles. The Hall–Kier alpha value is -0.280. The third kappa shape index (κ3) is 2.58. The number of halogens is 2. The summed E-state index contributed by atoms with van der Waals surface area (Å²) in [5, 5.41) is 10.6. The van der Waals surface area contributed by atoms with E-state index in [-0.39, 0.29) is 6.04 Å². The van der Waals surface area contributed by atoms with E-state index in [1.54, 1.807) is 25.1 Å². The quantitative estimate of drug-likeness (QED) is 0.803. The maximum absolute atomic E-state index is 9.62. The van der Waals surface area contributed by atoms with Gasteiger partial charge in [0.15, 0.2) is 0 Å². The topological polar surface area (TPSA) is 46.2 Å². The summed E-state index contributed by atoms with van der Waals surface area (Å²) in [5.41, 5.74) is 6.15. The Kier molecular flexibility index (Phi) is 3.56. The molecule has 0 aliphatic rings. The van der Waals surface area contributed by atoms with Crippen molar-refractivity contribution < 1.29 is 5.11 Å². The summed E-state index contributed by atoms with van der Waals surface area (Å²) >= 11 is 11.6. The minimum absolute atomic E-state index is 0.348. The normalized spacial score (nSPS) is 15.5. The predicted octanol–water partition coefficient (Wildman–Crippen LogP) is 2.37. The van der Waals surface area contributed by atoms with Crippen LogP contribution in [-0.4, -0.2) is 11.1 Å². The molecule has 3 N–H and O–H groups in total. The summed E-state index contributed by atoms with van der Waals surface area (Å²) in [6.07, 6.45) is -0.746. The van der Waals surface area contributed by atoms with Gasteiger partial charge in [0.25, 0.3) is 0 Å². The molecule has 0 aromatic heterocycles. The summed E-state index contributed by atoms with van der Waals surface area (Å²) in [6.45, 7) is 1.72. The number of hydrogen-bond acceptors (Lipinski definition) is 2. The van der Waals surface area contributed by atoms with Crippen LogP contribution in [0.25, 0.3) is 0 Å². The molecular weight excluding hydrogens is 209 g/mol. The third-order valence-electron chi connectivity index (χ3n) is 1.78. The van der Waals surface area contributed by atoms with E-state index in [0.717, 1.165) is 0 Å². The first-order valence-electron chi connectivity index (χ1n) is 3.91. The fraction of sp³-hybridized carbons (Fsp3) is 0.333. The molecule has 0 radical (unpaired) electrons. The van der Waals surface area contributed by atoms with Gasteiger partial charge in [-0.3, -0.25) is 0 Å². The van der Waals surface area contributed by atoms with Gasteiger partial charge in [0, 0.05) is 21.7 Å². The average Bonchev–Trinajstić information content (AvgIpc) is 2.03. The number of aliphatic hydroxyl groups excluding tert-OH is 1. The van der Waals surface area contributed by atoms with Crippen LogP contribution in [-0.2, 0) is 0 Å². The molecule has 0 bridgehead atoms. The largest absolute Gasteiger partial charge is 0.387 e. The molecule has 0 saturated carbocycles. The second-order valence-electron chi connectivity index (χ2n) is 2.97. The van der Waals surface area contributed by atoms with Crippen LogP contribution >= 0.6 is 23.2 Å². The van der Waals surface area contributed by atoms with E-state index in [4.69, 9.17) is 28.9 Å². The van der Waals surface area contributed by atoms with Crippen LogP contribution in [0.15, 0.2) is 18.2 Å². The number of benzene rings is 1. The lowest BCUT2D eigenvalue weighted by Crippen LogP contribution is -2.24. The fourth-order valence-corrected chi connectivity index (χ4v) is 1.54. The molecule has 0 saturated heterocycles. The van der Waals surface area contributed by atoms with Crippen molar-refractivity contribution in [2.75, 3.05) is 0 Å². The summed E-state index contributed by atoms with van der Waals surface area (Å²) in [5.74, 6) is 0. The van der Waals surface area contributed by atoms with Crippen molar-refractivity contribution in [3.63, 3.8) is 0 Å². The number of aliphatic hydroxyl groups is 1. The Morgan fingerprint density at radius 3 is 2.46 bits per heavy atom. The first-order chi connectivity index (χ1) is 6.02. The molecule has 2 nitrogen and oxygen atoms in total. The highest BCUT2D eigenvalue weighted by atomic mass is 35.5. The first-order valence-corrected chi connectivity index (χ1v) is 4.66. The van der Waals surface area contributed by atoms with Gasteiger partial charge in [0.05, 0.1) is 6.10 Å². The molecule has 0 aliphatic heterocycles. The van der Waals surface area contributed by atoms with Crippen LogP contribution in [0.5, 0.6) is 0 Å². The average molecular weight is 220 g/mol. The van der Waals surface area contributed by atoms with Gasteiger partial charge < -0.3 is 10.8 Å². The Labute approximate surface area is 87.3 Å². The van der Waals surface area contributed by atoms with E-state index in [1.165, 1.54) is 0 Å². The monoisotopic (exact) mass is 219 g/mol. The van der Waals surface area contributed by atoms with E-state index in [2.05, 4.69) is 0 Å². The van der Waals surface area contributed by atoms with Gasteiger partial charge in [-0.05, 0) is 19.1 Å². The Morgan fingerprint density at radius 2 is 2.00 bits per heavy atom. The van der Waals surface area contributed by atoms with E-state index >= 15 is 0 Å². The number of rotatable bonds is 2. The lowest BCUT2D eigenvalue weighted by molar-refractivity contribution is 0.153. The minimum Gasteiger partial charge on any atom is -0.387 e. The van der Waals surface area contributed by atoms with E-state index < -0.39 is 6.10 Å². The highest BCUT2D eigenvalue weighted by Crippen LogP contribution is 2.27. The molecule has 4 heteroatoms. The van der Waals surface area contributed by atoms with Crippen molar-refractivity contribution >= 4 is 23.2 Å². The van der Waals surface area contributed by atoms with Gasteiger partial charge in [-0.25, -0.2) is 0 Å². The lowest BCUT2D eigenvalue weighted by atomic mass is 10.0. The molecule has 0 fully saturated rings. The molecule has 2 atom stereocenters. The molecule has 0 heterocycles. The molecular formula is C9H11Cl2NO. The van der Waals surface area contributed by atoms with Crippen molar-refractivity contribution in [3.8, 4) is 0 Å². The maximum Gasteiger partial charge on any atom is 0.0952 e. The molecule has 72 valence electrons. The zero-order valence-electron chi connectivity index (χ0n) is 7.17. The highest BCUT2D eigenvalue weighted by Gasteiger charge is 2.15. The van der Waals surface area contributed by atoms with Crippen LogP contribution in [0.4, 0.5) is 0 Å². The van der Waals surface area contributed by atoms with Gasteiger partial charge >= 0.3 is 0 Å². The van der Waals surface area contributed by atoms with Crippen molar-refractivity contribution in [3.05, 3.63) is 33.8 Å². The molecule has 0 spiro atoms. The van der Waals surface area contributed by atoms with Gasteiger partial charge in [0.1, 0.15) is 0 Å². The van der Waals surface area contributed by atoms with Crippen LogP contribution in [0.2, 0.25) is 10.0 Å². The van der Waals surface area contributed by atoms with Crippen LogP contribution in [0.3, 0.4) is 0 Å². The smallest absolute Gasteiger partial charge is 0.0952 e. The molecule has 13 heavy (non-hydrogen) atoms. The van der Waals surface area contributed by atoms with E-state index in [1.807, 2.05) is 0 Å². The predicted molar refractivity (Wildman–Crippen MR) is 55.1 cm³/mol. The van der Waals surface area contributed by atoms with Crippen molar-refractivity contribution in [1.29, 1.82) is 0 Å². The first kappa shape index (κ1) is 10.8. The summed E-state index contributed by atoms with van der Waals surface area (Å²) in [4.78, 5) is 0. The highest BCUT2D eigenvalue weighted by molar-refractivity contribution is 6.35. The van der Waals surface area contributed by atoms with Crippen LogP contribution in [0, 0.1) is 0 Å². The Balaban J connectivity index is 3.01. The van der Waals surface area contributed by atoms with E-state index in [0.29, 0.717) is 15.6 Å². The Bertz CT molecular complexity index is 302. The van der Waals surface area contributed by atoms with Gasteiger partial charge in [-0.1, -0.05) is 29.3 Å². The van der Waals surface area contributed by atoms with Gasteiger partial charge in [-0.2, -0.15) is 0 Å². The van der Waals surface area contributed by atoms with Crippen LogP contribution in [0.1, 0.15) is 18.6 Å². The maximum atomic E-state index is 9.62. The zero-order valence-corrected chi connectivity index (χ0v) is 8.68. The van der Waals surface area contributed by atoms with Crippen molar-refractivity contribution in [1.82, 2.24) is 0 Å². The van der Waals surface area contributed by atoms with Gasteiger partial charge in [-0.15, -0.1) is 0 Å². The summed E-state index contributed by atoms with van der Waals surface area (Å²) < 4.78 is 0. The van der Waals surface area contributed by atoms with E-state index in [9.17, 15) is 5.11 Å². The zero-order chi connectivity index (χ0) is 10.0. The van der Waals surface area contributed by atoms with Crippen LogP contribution < -0.4 is 5.73 Å². The number of nitrogens with two attached hydrogens (primary N) is 1. The van der Waals surface area contributed by atoms with Crippen molar-refractivity contribution in [2.45, 2.75) is 19.1 Å². The minimum atomic E-state index is -0.746. The fourth-order valence-electron chi connectivity index (χ4n) is 1.02. The van der Waals surface area contributed by atoms with Crippen molar-refractivity contribution in [2.24, 2.45) is 5.73 Å². The van der Waals surface area contributed by atoms with Gasteiger partial charge in [0.2, 0.25) is 0 Å². The SMILES string of the molecule is C[C@H](N)[C@H](O)c1ccc(Cl)cc1Cl. The summed E-state index contributed by atoms with van der Waals surface area (Å²) in [6, 6.07) is 4.59. The molecule has 0 unspecified atom stereocenters. The lowest BCUT2D eigenvalue weighted by Gasteiger charge is -2.16. The molecule has 1 aromatic rings. The third-order valence-corrected chi connectivity index (χ3v) is 2.34.